The standard InChI is InChI=1S/C12H14ClN3S/c1-2-15-9-5-10(7-14-6-9)16-8-11-3-4-12(13)17-11/h3-7,15-16H,2,8H2,1H3. The van der Waals surface area contributed by atoms with Gasteiger partial charge in [0.05, 0.1) is 28.1 Å². The summed E-state index contributed by atoms with van der Waals surface area (Å²) >= 11 is 7.47. The topological polar surface area (TPSA) is 37.0 Å². The molecule has 0 saturated carbocycles. The summed E-state index contributed by atoms with van der Waals surface area (Å²) in [6, 6.07) is 5.99. The van der Waals surface area contributed by atoms with Crippen LogP contribution in [-0.4, -0.2) is 11.5 Å². The lowest BCUT2D eigenvalue weighted by molar-refractivity contribution is 1.16. The van der Waals surface area contributed by atoms with E-state index in [1.807, 2.05) is 30.6 Å². The van der Waals surface area contributed by atoms with Gasteiger partial charge in [0.2, 0.25) is 0 Å². The fourth-order valence-electron chi connectivity index (χ4n) is 1.47. The Morgan fingerprint density at radius 1 is 1.24 bits per heavy atom. The Bertz CT molecular complexity index is 484. The minimum atomic E-state index is 0.772. The van der Waals surface area contributed by atoms with Gasteiger partial charge in [0.15, 0.2) is 0 Å². The lowest BCUT2D eigenvalue weighted by Crippen LogP contribution is -2.01. The number of hydrogen-bond acceptors (Lipinski definition) is 4. The first kappa shape index (κ1) is 12.2. The third-order valence-electron chi connectivity index (χ3n) is 2.21. The van der Waals surface area contributed by atoms with Gasteiger partial charge in [-0.05, 0) is 25.1 Å². The second-order valence-corrected chi connectivity index (χ2v) is 5.35. The molecule has 17 heavy (non-hydrogen) atoms. The predicted octanol–water partition coefficient (Wildman–Crippen LogP) is 3.84. The van der Waals surface area contributed by atoms with Crippen LogP contribution in [0, 0.1) is 0 Å². The van der Waals surface area contributed by atoms with E-state index in [2.05, 4.69) is 22.5 Å². The lowest BCUT2D eigenvalue weighted by atomic mass is 10.3. The van der Waals surface area contributed by atoms with Crippen molar-refractivity contribution in [3.63, 3.8) is 0 Å². The van der Waals surface area contributed by atoms with Crippen LogP contribution >= 0.6 is 22.9 Å². The van der Waals surface area contributed by atoms with Crippen molar-refractivity contribution in [2.75, 3.05) is 17.2 Å². The molecule has 0 bridgehead atoms. The second-order valence-electron chi connectivity index (χ2n) is 3.55. The Morgan fingerprint density at radius 3 is 2.65 bits per heavy atom. The number of nitrogens with zero attached hydrogens (tertiary/aromatic N) is 1. The highest BCUT2D eigenvalue weighted by Gasteiger charge is 1.99. The molecule has 5 heteroatoms. The molecule has 90 valence electrons. The molecule has 2 heterocycles. The fourth-order valence-corrected chi connectivity index (χ4v) is 2.50. The maximum atomic E-state index is 5.88. The summed E-state index contributed by atoms with van der Waals surface area (Å²) in [5, 5.41) is 6.55. The number of anilines is 2. The summed E-state index contributed by atoms with van der Waals surface area (Å²) in [4.78, 5) is 5.38. The van der Waals surface area contributed by atoms with Crippen LogP contribution in [0.25, 0.3) is 0 Å². The SMILES string of the molecule is CCNc1cncc(NCc2ccc(Cl)s2)c1. The Hall–Kier alpha value is -1.26. The molecule has 2 N–H and O–H groups in total. The minimum absolute atomic E-state index is 0.772. The van der Waals surface area contributed by atoms with Gasteiger partial charge < -0.3 is 10.6 Å². The highest BCUT2D eigenvalue weighted by atomic mass is 35.5. The Kier molecular flexibility index (Phi) is 4.23. The highest BCUT2D eigenvalue weighted by molar-refractivity contribution is 7.16. The van der Waals surface area contributed by atoms with Crippen LogP contribution < -0.4 is 10.6 Å². The summed E-state index contributed by atoms with van der Waals surface area (Å²) in [6.45, 7) is 3.73. The third kappa shape index (κ3) is 3.61. The van der Waals surface area contributed by atoms with Gasteiger partial charge in [0.25, 0.3) is 0 Å². The summed E-state index contributed by atoms with van der Waals surface area (Å²) in [5.41, 5.74) is 2.04. The molecule has 0 aliphatic carbocycles. The molecule has 0 fully saturated rings. The molecule has 0 unspecified atom stereocenters. The Balaban J connectivity index is 1.96. The molecule has 2 aromatic heterocycles. The number of nitrogens with one attached hydrogen (secondary N) is 2. The van der Waals surface area contributed by atoms with E-state index in [1.165, 1.54) is 4.88 Å². The number of rotatable bonds is 5. The average molecular weight is 268 g/mol. The monoisotopic (exact) mass is 267 g/mol. The van der Waals surface area contributed by atoms with E-state index in [-0.39, 0.29) is 0 Å². The van der Waals surface area contributed by atoms with Crippen LogP contribution in [0.4, 0.5) is 11.4 Å². The van der Waals surface area contributed by atoms with Crippen molar-refractivity contribution in [1.82, 2.24) is 4.98 Å². The fraction of sp³-hybridized carbons (Fsp3) is 0.250. The largest absolute Gasteiger partial charge is 0.384 e. The summed E-state index contributed by atoms with van der Waals surface area (Å²) in [6.07, 6.45) is 3.63. The average Bonchev–Trinajstić information content (AvgIpc) is 2.74. The van der Waals surface area contributed by atoms with Crippen LogP contribution in [0.15, 0.2) is 30.6 Å². The van der Waals surface area contributed by atoms with E-state index < -0.39 is 0 Å². The zero-order chi connectivity index (χ0) is 12.1. The smallest absolute Gasteiger partial charge is 0.0931 e. The zero-order valence-electron chi connectivity index (χ0n) is 9.53. The maximum Gasteiger partial charge on any atom is 0.0931 e. The molecule has 0 aliphatic rings. The second kappa shape index (κ2) is 5.89. The summed E-state index contributed by atoms with van der Waals surface area (Å²) in [5.74, 6) is 0. The van der Waals surface area contributed by atoms with Gasteiger partial charge in [0.1, 0.15) is 0 Å². The van der Waals surface area contributed by atoms with E-state index in [1.54, 1.807) is 11.3 Å². The molecule has 0 aliphatic heterocycles. The van der Waals surface area contributed by atoms with E-state index >= 15 is 0 Å². The van der Waals surface area contributed by atoms with Gasteiger partial charge in [-0.15, -0.1) is 11.3 Å². The number of aromatic nitrogens is 1. The van der Waals surface area contributed by atoms with E-state index in [0.29, 0.717) is 0 Å². The molecule has 0 saturated heterocycles. The molecule has 2 rings (SSSR count). The molecule has 0 atom stereocenters. The molecular formula is C12H14ClN3S. The molecular weight excluding hydrogens is 254 g/mol. The van der Waals surface area contributed by atoms with Crippen molar-refractivity contribution in [3.8, 4) is 0 Å². The number of halogens is 1. The maximum absolute atomic E-state index is 5.88. The predicted molar refractivity (Wildman–Crippen MR) is 75.1 cm³/mol. The number of hydrogen-bond donors (Lipinski definition) is 2. The lowest BCUT2D eigenvalue weighted by Gasteiger charge is -2.07. The molecule has 0 radical (unpaired) electrons. The molecule has 2 aromatic rings. The van der Waals surface area contributed by atoms with Crippen molar-refractivity contribution in [2.24, 2.45) is 0 Å². The van der Waals surface area contributed by atoms with Crippen molar-refractivity contribution in [1.29, 1.82) is 0 Å². The Labute approximate surface area is 110 Å². The van der Waals surface area contributed by atoms with E-state index in [9.17, 15) is 0 Å². The normalized spacial score (nSPS) is 10.2. The van der Waals surface area contributed by atoms with Gasteiger partial charge in [-0.2, -0.15) is 0 Å². The minimum Gasteiger partial charge on any atom is -0.384 e. The first-order chi connectivity index (χ1) is 8.28. The van der Waals surface area contributed by atoms with Gasteiger partial charge in [-0.1, -0.05) is 11.6 Å². The van der Waals surface area contributed by atoms with Crippen LogP contribution in [0.2, 0.25) is 4.34 Å². The van der Waals surface area contributed by atoms with Crippen LogP contribution in [0.1, 0.15) is 11.8 Å². The van der Waals surface area contributed by atoms with Crippen LogP contribution in [0.5, 0.6) is 0 Å². The summed E-state index contributed by atoms with van der Waals surface area (Å²) < 4.78 is 0.821. The molecule has 3 nitrogen and oxygen atoms in total. The quantitative estimate of drug-likeness (QED) is 0.864. The first-order valence-electron chi connectivity index (χ1n) is 5.45. The van der Waals surface area contributed by atoms with E-state index in [0.717, 1.165) is 28.8 Å². The third-order valence-corrected chi connectivity index (χ3v) is 3.45. The van der Waals surface area contributed by atoms with E-state index in [4.69, 9.17) is 11.6 Å². The van der Waals surface area contributed by atoms with Gasteiger partial charge in [-0.3, -0.25) is 4.98 Å². The zero-order valence-corrected chi connectivity index (χ0v) is 11.1. The van der Waals surface area contributed by atoms with Crippen LogP contribution in [0.3, 0.4) is 0 Å². The van der Waals surface area contributed by atoms with Crippen molar-refractivity contribution >= 4 is 34.3 Å². The van der Waals surface area contributed by atoms with Crippen molar-refractivity contribution in [2.45, 2.75) is 13.5 Å². The van der Waals surface area contributed by atoms with Crippen molar-refractivity contribution < 1.29 is 0 Å². The highest BCUT2D eigenvalue weighted by Crippen LogP contribution is 2.22. The van der Waals surface area contributed by atoms with Gasteiger partial charge in [0, 0.05) is 18.0 Å². The summed E-state index contributed by atoms with van der Waals surface area (Å²) in [7, 11) is 0. The Morgan fingerprint density at radius 2 is 2.00 bits per heavy atom. The van der Waals surface area contributed by atoms with Crippen molar-refractivity contribution in [3.05, 3.63) is 39.8 Å². The first-order valence-corrected chi connectivity index (χ1v) is 6.64. The van der Waals surface area contributed by atoms with Crippen LogP contribution in [-0.2, 0) is 6.54 Å². The number of pyridine rings is 1. The van der Waals surface area contributed by atoms with Gasteiger partial charge >= 0.3 is 0 Å². The van der Waals surface area contributed by atoms with Gasteiger partial charge in [-0.25, -0.2) is 0 Å². The molecule has 0 aromatic carbocycles. The molecule has 0 amide bonds. The molecule has 0 spiro atoms. The number of thiophene rings is 1.